The number of ether oxygens (including phenoxy) is 1. The molecule has 0 aliphatic carbocycles. The molecule has 0 radical (unpaired) electrons. The summed E-state index contributed by atoms with van der Waals surface area (Å²) < 4.78 is 6.83. The number of para-hydroxylation sites is 1. The van der Waals surface area contributed by atoms with Gasteiger partial charge in [0.1, 0.15) is 18.4 Å². The average Bonchev–Trinajstić information content (AvgIpc) is 3.08. The molecular formula is C15H11N5O2. The molecule has 0 bridgehead atoms. The first-order chi connectivity index (χ1) is 10.8. The van der Waals surface area contributed by atoms with E-state index in [1.165, 1.54) is 23.5 Å². The molecule has 108 valence electrons. The molecule has 0 aliphatic rings. The zero-order chi connectivity index (χ0) is 15.2. The molecule has 22 heavy (non-hydrogen) atoms. The van der Waals surface area contributed by atoms with Crippen molar-refractivity contribution in [2.75, 3.05) is 0 Å². The third-order valence-corrected chi connectivity index (χ3v) is 2.76. The number of rotatable bonds is 4. The van der Waals surface area contributed by atoms with Gasteiger partial charge in [-0.05, 0) is 24.3 Å². The average molecular weight is 293 g/mol. The van der Waals surface area contributed by atoms with Gasteiger partial charge in [-0.15, -0.1) is 10.2 Å². The number of benzene rings is 1. The van der Waals surface area contributed by atoms with E-state index >= 15 is 0 Å². The van der Waals surface area contributed by atoms with Crippen LogP contribution in [0, 0.1) is 0 Å². The fourth-order valence-electron chi connectivity index (χ4n) is 1.71. The normalized spacial score (nSPS) is 10.7. The van der Waals surface area contributed by atoms with Gasteiger partial charge in [0.05, 0.1) is 11.8 Å². The highest BCUT2D eigenvalue weighted by molar-refractivity contribution is 5.92. The van der Waals surface area contributed by atoms with Crippen molar-refractivity contribution in [1.29, 1.82) is 0 Å². The summed E-state index contributed by atoms with van der Waals surface area (Å²) in [7, 11) is 0. The van der Waals surface area contributed by atoms with Crippen molar-refractivity contribution in [3.63, 3.8) is 0 Å². The number of pyridine rings is 1. The first-order valence-electron chi connectivity index (χ1n) is 6.43. The summed E-state index contributed by atoms with van der Waals surface area (Å²) in [5, 5.41) is 11.4. The molecule has 0 saturated heterocycles. The fraction of sp³-hybridized carbons (Fsp3) is 0. The smallest absolute Gasteiger partial charge is 0.345 e. The van der Waals surface area contributed by atoms with Gasteiger partial charge in [0.15, 0.2) is 0 Å². The predicted octanol–water partition coefficient (Wildman–Crippen LogP) is 1.77. The molecule has 0 amide bonds. The maximum atomic E-state index is 12.1. The van der Waals surface area contributed by atoms with Crippen LogP contribution in [0.3, 0.4) is 0 Å². The van der Waals surface area contributed by atoms with Crippen LogP contribution in [0.25, 0.3) is 0 Å². The van der Waals surface area contributed by atoms with Gasteiger partial charge in [0.25, 0.3) is 0 Å². The lowest BCUT2D eigenvalue weighted by Gasteiger charge is -2.06. The third-order valence-electron chi connectivity index (χ3n) is 2.76. The second-order valence-corrected chi connectivity index (χ2v) is 4.26. The van der Waals surface area contributed by atoms with Gasteiger partial charge in [0.2, 0.25) is 0 Å². The molecule has 7 heteroatoms. The number of carbonyl (C=O) groups excluding carboxylic acids is 1. The summed E-state index contributed by atoms with van der Waals surface area (Å²) in [5.74, 6) is -0.0635. The minimum absolute atomic E-state index is 0.382. The molecule has 3 aromatic rings. The Morgan fingerprint density at radius 2 is 1.95 bits per heavy atom. The molecule has 0 fully saturated rings. The molecule has 0 saturated carbocycles. The zero-order valence-electron chi connectivity index (χ0n) is 11.4. The number of carbonyl (C=O) groups is 1. The van der Waals surface area contributed by atoms with Crippen molar-refractivity contribution in [3.8, 4) is 5.75 Å². The van der Waals surface area contributed by atoms with Crippen molar-refractivity contribution >= 4 is 12.2 Å². The minimum Gasteiger partial charge on any atom is -0.422 e. The Bertz CT molecular complexity index is 785. The summed E-state index contributed by atoms with van der Waals surface area (Å²) in [6.07, 6.45) is 7.53. The van der Waals surface area contributed by atoms with Gasteiger partial charge < -0.3 is 4.74 Å². The van der Waals surface area contributed by atoms with Crippen LogP contribution in [-0.4, -0.2) is 32.0 Å². The quantitative estimate of drug-likeness (QED) is 0.416. The summed E-state index contributed by atoms with van der Waals surface area (Å²) >= 11 is 0. The first-order valence-corrected chi connectivity index (χ1v) is 6.43. The lowest BCUT2D eigenvalue weighted by Crippen LogP contribution is -2.10. The van der Waals surface area contributed by atoms with Crippen LogP contribution >= 0.6 is 0 Å². The number of aromatic nitrogens is 4. The SMILES string of the molecule is O=C(Oc1ccccc1C=Nn1cnnc1)c1cccnc1. The van der Waals surface area contributed by atoms with E-state index < -0.39 is 5.97 Å². The largest absolute Gasteiger partial charge is 0.422 e. The van der Waals surface area contributed by atoms with E-state index in [9.17, 15) is 4.79 Å². The third kappa shape index (κ3) is 3.21. The Balaban J connectivity index is 1.81. The Morgan fingerprint density at radius 1 is 1.14 bits per heavy atom. The lowest BCUT2D eigenvalue weighted by molar-refractivity contribution is 0.0734. The van der Waals surface area contributed by atoms with Crippen molar-refractivity contribution < 1.29 is 9.53 Å². The van der Waals surface area contributed by atoms with Gasteiger partial charge in [0, 0.05) is 18.0 Å². The van der Waals surface area contributed by atoms with Gasteiger partial charge in [-0.25, -0.2) is 9.47 Å². The molecule has 0 spiro atoms. The highest BCUT2D eigenvalue weighted by Gasteiger charge is 2.10. The van der Waals surface area contributed by atoms with Crippen LogP contribution in [0.5, 0.6) is 5.75 Å². The van der Waals surface area contributed by atoms with E-state index in [-0.39, 0.29) is 0 Å². The zero-order valence-corrected chi connectivity index (χ0v) is 11.4. The van der Waals surface area contributed by atoms with E-state index in [0.29, 0.717) is 16.9 Å². The number of hydrogen-bond donors (Lipinski definition) is 0. The molecule has 1 aromatic carbocycles. The monoisotopic (exact) mass is 293 g/mol. The second kappa shape index (κ2) is 6.40. The molecule has 2 heterocycles. The number of esters is 1. The molecule has 0 atom stereocenters. The lowest BCUT2D eigenvalue weighted by atomic mass is 10.2. The van der Waals surface area contributed by atoms with E-state index in [4.69, 9.17) is 4.74 Å². The van der Waals surface area contributed by atoms with Crippen LogP contribution in [0.4, 0.5) is 0 Å². The van der Waals surface area contributed by atoms with E-state index in [2.05, 4.69) is 20.3 Å². The van der Waals surface area contributed by atoms with Crippen molar-refractivity contribution in [1.82, 2.24) is 19.9 Å². The number of nitrogens with zero attached hydrogens (tertiary/aromatic N) is 5. The Hall–Kier alpha value is -3.35. The standard InChI is InChI=1S/C15H11N5O2/c21-15(13-5-3-7-16-8-13)22-14-6-2-1-4-12(14)9-19-20-10-17-18-11-20/h1-11H. The van der Waals surface area contributed by atoms with E-state index in [1.807, 2.05) is 6.07 Å². The molecule has 0 unspecified atom stereocenters. The molecular weight excluding hydrogens is 282 g/mol. The Morgan fingerprint density at radius 3 is 2.73 bits per heavy atom. The van der Waals surface area contributed by atoms with Crippen molar-refractivity contribution in [3.05, 3.63) is 72.6 Å². The molecule has 0 aliphatic heterocycles. The molecule has 7 nitrogen and oxygen atoms in total. The maximum Gasteiger partial charge on any atom is 0.345 e. The Kier molecular flexibility index (Phi) is 3.96. The highest BCUT2D eigenvalue weighted by Crippen LogP contribution is 2.17. The Labute approximate surface area is 125 Å². The van der Waals surface area contributed by atoms with Gasteiger partial charge in [-0.2, -0.15) is 5.10 Å². The van der Waals surface area contributed by atoms with Crippen molar-refractivity contribution in [2.45, 2.75) is 0 Å². The second-order valence-electron chi connectivity index (χ2n) is 4.26. The highest BCUT2D eigenvalue weighted by atomic mass is 16.5. The van der Waals surface area contributed by atoms with E-state index in [0.717, 1.165) is 0 Å². The van der Waals surface area contributed by atoms with Crippen LogP contribution in [0.1, 0.15) is 15.9 Å². The number of hydrogen-bond acceptors (Lipinski definition) is 6. The molecule has 3 rings (SSSR count). The predicted molar refractivity (Wildman–Crippen MR) is 78.7 cm³/mol. The van der Waals surface area contributed by atoms with Gasteiger partial charge >= 0.3 is 5.97 Å². The topological polar surface area (TPSA) is 82.3 Å². The van der Waals surface area contributed by atoms with Crippen LogP contribution in [-0.2, 0) is 0 Å². The van der Waals surface area contributed by atoms with Gasteiger partial charge in [-0.1, -0.05) is 12.1 Å². The minimum atomic E-state index is -0.474. The molecule has 0 N–H and O–H groups in total. The van der Waals surface area contributed by atoms with Crippen LogP contribution in [0.2, 0.25) is 0 Å². The maximum absolute atomic E-state index is 12.1. The summed E-state index contributed by atoms with van der Waals surface area (Å²) in [6.45, 7) is 0. The summed E-state index contributed by atoms with van der Waals surface area (Å²) in [6, 6.07) is 10.4. The first kappa shape index (κ1) is 13.6. The summed E-state index contributed by atoms with van der Waals surface area (Å²) in [5.41, 5.74) is 1.04. The molecule has 2 aromatic heterocycles. The van der Waals surface area contributed by atoms with Crippen molar-refractivity contribution in [2.24, 2.45) is 5.10 Å². The van der Waals surface area contributed by atoms with Crippen LogP contribution in [0.15, 0.2) is 66.5 Å². The van der Waals surface area contributed by atoms with Crippen LogP contribution < -0.4 is 4.74 Å². The fourth-order valence-corrected chi connectivity index (χ4v) is 1.71. The van der Waals surface area contributed by atoms with Gasteiger partial charge in [-0.3, -0.25) is 4.98 Å². The summed E-state index contributed by atoms with van der Waals surface area (Å²) in [4.78, 5) is 16.0. The van der Waals surface area contributed by atoms with E-state index in [1.54, 1.807) is 42.7 Å².